The van der Waals surface area contributed by atoms with Gasteiger partial charge < -0.3 is 21.0 Å². The molecule has 0 aliphatic heterocycles. The van der Waals surface area contributed by atoms with Crippen molar-refractivity contribution in [2.75, 3.05) is 5.73 Å². The Hall–Kier alpha value is -2.56. The number of primary amides is 1. The fraction of sp³-hybridized carbons (Fsp3) is 0.625. The topological polar surface area (TPSA) is 118 Å². The van der Waals surface area contributed by atoms with Crippen molar-refractivity contribution in [3.8, 4) is 0 Å². The number of rotatable bonds is 3. The molecule has 0 aromatic carbocycles. The molecule has 1 aromatic rings. The predicted molar refractivity (Wildman–Crippen MR) is 87.8 cm³/mol. The summed E-state index contributed by atoms with van der Waals surface area (Å²) in [5.41, 5.74) is 10.5. The van der Waals surface area contributed by atoms with Crippen LogP contribution in [0.15, 0.2) is 6.20 Å². The van der Waals surface area contributed by atoms with Crippen LogP contribution < -0.4 is 11.5 Å². The Bertz CT molecular complexity index is 683. The Kier molecular flexibility index (Phi) is 4.83. The highest BCUT2D eigenvalue weighted by atomic mass is 16.6. The molecular weight excluding hydrogens is 310 g/mol. The van der Waals surface area contributed by atoms with Crippen molar-refractivity contribution >= 4 is 17.7 Å². The van der Waals surface area contributed by atoms with E-state index in [1.165, 1.54) is 10.9 Å². The first-order valence-corrected chi connectivity index (χ1v) is 7.86. The zero-order chi connectivity index (χ0) is 18.1. The van der Waals surface area contributed by atoms with Gasteiger partial charge in [0.1, 0.15) is 17.2 Å². The predicted octanol–water partition coefficient (Wildman–Crippen LogP) is 1.53. The van der Waals surface area contributed by atoms with Crippen molar-refractivity contribution in [1.82, 2.24) is 9.78 Å². The number of hydrogen-bond donors (Lipinski definition) is 2. The first-order valence-electron chi connectivity index (χ1n) is 7.86. The Morgan fingerprint density at radius 3 is 2.58 bits per heavy atom. The molecule has 3 atom stereocenters. The van der Waals surface area contributed by atoms with Gasteiger partial charge in [0.2, 0.25) is 6.04 Å². The maximum atomic E-state index is 12.2. The Morgan fingerprint density at radius 1 is 1.42 bits per heavy atom. The number of anilines is 1. The highest BCUT2D eigenvalue weighted by Gasteiger charge is 2.41. The molecule has 0 radical (unpaired) electrons. The van der Waals surface area contributed by atoms with Gasteiger partial charge in [0.25, 0.3) is 5.91 Å². The number of esters is 1. The number of nitrogen functional groups attached to an aromatic ring is 1. The molecule has 0 bridgehead atoms. The molecule has 1 amide bonds. The summed E-state index contributed by atoms with van der Waals surface area (Å²) >= 11 is 0. The summed E-state index contributed by atoms with van der Waals surface area (Å²) in [5, 5.41) is 4.12. The van der Waals surface area contributed by atoms with Gasteiger partial charge in [-0.25, -0.2) is 6.57 Å². The van der Waals surface area contributed by atoms with E-state index >= 15 is 0 Å². The molecule has 130 valence electrons. The third-order valence-corrected chi connectivity index (χ3v) is 4.05. The lowest BCUT2D eigenvalue weighted by atomic mass is 9.82. The molecule has 0 saturated heterocycles. The molecule has 24 heavy (non-hydrogen) atoms. The SMILES string of the molecule is [C-]#[N+][C@H]1C[C@@H](C(=O)OC(C)(C)C)CC[C@@H]1n1cc(C(N)=O)c(N)n1. The zero-order valence-corrected chi connectivity index (χ0v) is 14.2. The highest BCUT2D eigenvalue weighted by Crippen LogP contribution is 2.36. The van der Waals surface area contributed by atoms with Gasteiger partial charge in [0.05, 0.1) is 5.92 Å². The van der Waals surface area contributed by atoms with Gasteiger partial charge in [0.15, 0.2) is 5.82 Å². The fourth-order valence-corrected chi connectivity index (χ4v) is 2.94. The van der Waals surface area contributed by atoms with Crippen LogP contribution in [0.3, 0.4) is 0 Å². The zero-order valence-electron chi connectivity index (χ0n) is 14.2. The summed E-state index contributed by atoms with van der Waals surface area (Å²) in [4.78, 5) is 27.2. The molecule has 1 aromatic heterocycles. The minimum Gasteiger partial charge on any atom is -0.460 e. The Balaban J connectivity index is 2.14. The maximum absolute atomic E-state index is 12.2. The van der Waals surface area contributed by atoms with E-state index in [1.54, 1.807) is 0 Å². The van der Waals surface area contributed by atoms with E-state index in [-0.39, 0.29) is 29.3 Å². The molecule has 2 rings (SSSR count). The number of carbonyl (C=O) groups excluding carboxylic acids is 2. The normalized spacial score (nSPS) is 24.2. The van der Waals surface area contributed by atoms with Crippen LogP contribution in [-0.2, 0) is 9.53 Å². The van der Waals surface area contributed by atoms with Gasteiger partial charge in [0, 0.05) is 12.6 Å². The van der Waals surface area contributed by atoms with E-state index in [9.17, 15) is 9.59 Å². The lowest BCUT2D eigenvalue weighted by Crippen LogP contribution is -2.36. The monoisotopic (exact) mass is 333 g/mol. The van der Waals surface area contributed by atoms with E-state index in [0.717, 1.165) is 0 Å². The van der Waals surface area contributed by atoms with Crippen molar-refractivity contribution in [2.24, 2.45) is 11.7 Å². The van der Waals surface area contributed by atoms with Crippen molar-refractivity contribution in [2.45, 2.75) is 57.7 Å². The van der Waals surface area contributed by atoms with Crippen LogP contribution >= 0.6 is 0 Å². The average Bonchev–Trinajstić information content (AvgIpc) is 2.86. The highest BCUT2D eigenvalue weighted by molar-refractivity contribution is 5.96. The molecule has 0 unspecified atom stereocenters. The molecular formula is C16H23N5O3. The maximum Gasteiger partial charge on any atom is 0.309 e. The van der Waals surface area contributed by atoms with E-state index in [1.807, 2.05) is 20.8 Å². The van der Waals surface area contributed by atoms with Crippen LogP contribution in [0.25, 0.3) is 4.85 Å². The third kappa shape index (κ3) is 3.85. The van der Waals surface area contributed by atoms with Crippen molar-refractivity contribution < 1.29 is 14.3 Å². The lowest BCUT2D eigenvalue weighted by Gasteiger charge is -2.30. The fourth-order valence-electron chi connectivity index (χ4n) is 2.94. The number of aromatic nitrogens is 2. The van der Waals surface area contributed by atoms with Crippen molar-refractivity contribution in [1.29, 1.82) is 0 Å². The number of ether oxygens (including phenoxy) is 1. The van der Waals surface area contributed by atoms with Gasteiger partial charge >= 0.3 is 5.97 Å². The van der Waals surface area contributed by atoms with E-state index in [4.69, 9.17) is 22.8 Å². The van der Waals surface area contributed by atoms with Crippen LogP contribution in [0, 0.1) is 12.5 Å². The summed E-state index contributed by atoms with van der Waals surface area (Å²) in [6.45, 7) is 12.9. The second-order valence-electron chi connectivity index (χ2n) is 7.08. The van der Waals surface area contributed by atoms with Gasteiger partial charge in [-0.1, -0.05) is 0 Å². The van der Waals surface area contributed by atoms with Crippen molar-refractivity contribution in [3.63, 3.8) is 0 Å². The third-order valence-electron chi connectivity index (χ3n) is 4.05. The standard InChI is InChI=1S/C16H23N5O3/c1-16(2,3)24-15(23)9-5-6-12(11(7-9)19-4)21-8-10(14(18)22)13(17)20-21/h8-9,11-12H,5-7H2,1-3H3,(H2,17,20)(H2,18,22)/t9-,11-,12-/m0/s1. The first kappa shape index (κ1) is 17.8. The summed E-state index contributed by atoms with van der Waals surface area (Å²) in [6.07, 6.45) is 3.05. The van der Waals surface area contributed by atoms with Gasteiger partial charge in [-0.3, -0.25) is 14.3 Å². The number of carbonyl (C=O) groups is 2. The lowest BCUT2D eigenvalue weighted by molar-refractivity contribution is -0.161. The van der Waals surface area contributed by atoms with E-state index < -0.39 is 17.6 Å². The van der Waals surface area contributed by atoms with Crippen LogP contribution in [-0.4, -0.2) is 33.3 Å². The molecule has 1 heterocycles. The minimum atomic E-state index is -0.652. The summed E-state index contributed by atoms with van der Waals surface area (Å²) in [6, 6.07) is -0.673. The number of nitrogens with two attached hydrogens (primary N) is 2. The molecule has 1 aliphatic rings. The molecule has 1 fully saturated rings. The first-order chi connectivity index (χ1) is 11.1. The molecule has 4 N–H and O–H groups in total. The second-order valence-corrected chi connectivity index (χ2v) is 7.08. The van der Waals surface area contributed by atoms with Gasteiger partial charge in [-0.2, -0.15) is 5.10 Å². The molecule has 8 heteroatoms. The Morgan fingerprint density at radius 2 is 2.08 bits per heavy atom. The second kappa shape index (κ2) is 6.51. The molecule has 8 nitrogen and oxygen atoms in total. The smallest absolute Gasteiger partial charge is 0.309 e. The van der Waals surface area contributed by atoms with E-state index in [2.05, 4.69) is 9.94 Å². The summed E-state index contributed by atoms with van der Waals surface area (Å²) in [5.74, 6) is -1.17. The number of amides is 1. The molecule has 0 spiro atoms. The average molecular weight is 333 g/mol. The van der Waals surface area contributed by atoms with Crippen LogP contribution in [0.2, 0.25) is 0 Å². The molecule has 1 aliphatic carbocycles. The van der Waals surface area contributed by atoms with Crippen LogP contribution in [0.4, 0.5) is 5.82 Å². The van der Waals surface area contributed by atoms with E-state index in [0.29, 0.717) is 19.3 Å². The van der Waals surface area contributed by atoms with Gasteiger partial charge in [-0.05, 0) is 33.6 Å². The molecule has 1 saturated carbocycles. The minimum absolute atomic E-state index is 0.0560. The van der Waals surface area contributed by atoms with Crippen LogP contribution in [0.5, 0.6) is 0 Å². The summed E-state index contributed by atoms with van der Waals surface area (Å²) < 4.78 is 6.95. The summed E-state index contributed by atoms with van der Waals surface area (Å²) in [7, 11) is 0. The van der Waals surface area contributed by atoms with Crippen LogP contribution in [0.1, 0.15) is 56.4 Å². The quantitative estimate of drug-likeness (QED) is 0.642. The largest absolute Gasteiger partial charge is 0.460 e. The Labute approximate surface area is 140 Å². The number of hydrogen-bond acceptors (Lipinski definition) is 5. The van der Waals surface area contributed by atoms with Gasteiger partial charge in [-0.15, -0.1) is 0 Å². The number of nitrogens with zero attached hydrogens (tertiary/aromatic N) is 3. The van der Waals surface area contributed by atoms with Crippen molar-refractivity contribution in [3.05, 3.63) is 23.2 Å².